The van der Waals surface area contributed by atoms with Gasteiger partial charge in [0.2, 0.25) is 5.91 Å². The Kier molecular flexibility index (Phi) is 2.14. The van der Waals surface area contributed by atoms with E-state index < -0.39 is 17.1 Å². The zero-order chi connectivity index (χ0) is 9.41. The van der Waals surface area contributed by atoms with E-state index in [9.17, 15) is 9.90 Å². The number of carbonyl (C=O) groups is 1. The lowest BCUT2D eigenvalue weighted by molar-refractivity contribution is -0.166. The minimum absolute atomic E-state index is 0.273. The molecular formula is C8H15NO3. The molecule has 0 aliphatic carbocycles. The van der Waals surface area contributed by atoms with Crippen molar-refractivity contribution in [3.05, 3.63) is 0 Å². The molecule has 0 aromatic carbocycles. The second-order valence-corrected chi connectivity index (χ2v) is 3.93. The van der Waals surface area contributed by atoms with Gasteiger partial charge in [0.05, 0.1) is 12.2 Å². The first-order valence-electron chi connectivity index (χ1n) is 4.02. The first-order chi connectivity index (χ1) is 5.36. The number of hydrogen-bond donors (Lipinski definition) is 2. The summed E-state index contributed by atoms with van der Waals surface area (Å²) < 4.78 is 5.34. The Bertz CT molecular complexity index is 202. The second-order valence-electron chi connectivity index (χ2n) is 3.93. The molecule has 4 nitrogen and oxygen atoms in total. The van der Waals surface area contributed by atoms with E-state index in [4.69, 9.17) is 10.5 Å². The van der Waals surface area contributed by atoms with Crippen LogP contribution in [0.2, 0.25) is 0 Å². The summed E-state index contributed by atoms with van der Waals surface area (Å²) >= 11 is 0. The molecule has 0 saturated carbocycles. The maximum atomic E-state index is 10.9. The first-order valence-corrected chi connectivity index (χ1v) is 4.02. The Morgan fingerprint density at radius 3 is 2.50 bits per heavy atom. The van der Waals surface area contributed by atoms with E-state index in [0.29, 0.717) is 13.0 Å². The zero-order valence-corrected chi connectivity index (χ0v) is 7.46. The van der Waals surface area contributed by atoms with Crippen LogP contribution in [0.4, 0.5) is 0 Å². The van der Waals surface area contributed by atoms with Crippen molar-refractivity contribution in [2.75, 3.05) is 6.61 Å². The number of amides is 1. The van der Waals surface area contributed by atoms with Gasteiger partial charge in [0.25, 0.3) is 0 Å². The summed E-state index contributed by atoms with van der Waals surface area (Å²) in [5.41, 5.74) is 3.25. The van der Waals surface area contributed by atoms with Gasteiger partial charge in [-0.2, -0.15) is 0 Å². The summed E-state index contributed by atoms with van der Waals surface area (Å²) in [5.74, 6) is -0.654. The standard InChI is InChI=1S/C8H15NO3/c1-7(2)5-8(11,6(9)10)3-4-12-7/h11H,3-5H2,1-2H3,(H2,9,10). The molecule has 0 bridgehead atoms. The Morgan fingerprint density at radius 1 is 1.58 bits per heavy atom. The number of primary amides is 1. The molecule has 1 fully saturated rings. The number of nitrogens with two attached hydrogens (primary N) is 1. The van der Waals surface area contributed by atoms with Crippen LogP contribution in [0.3, 0.4) is 0 Å². The lowest BCUT2D eigenvalue weighted by Gasteiger charge is -2.39. The van der Waals surface area contributed by atoms with Crippen molar-refractivity contribution in [2.24, 2.45) is 5.73 Å². The smallest absolute Gasteiger partial charge is 0.249 e. The SMILES string of the molecule is CC1(C)CC(O)(C(N)=O)CCO1. The summed E-state index contributed by atoms with van der Waals surface area (Å²) in [6, 6.07) is 0. The molecular weight excluding hydrogens is 158 g/mol. The maximum Gasteiger partial charge on any atom is 0.249 e. The summed E-state index contributed by atoms with van der Waals surface area (Å²) in [6.07, 6.45) is 0.571. The van der Waals surface area contributed by atoms with Gasteiger partial charge in [-0.3, -0.25) is 4.79 Å². The summed E-state index contributed by atoms with van der Waals surface area (Å²) in [6.45, 7) is 4.05. The number of hydrogen-bond acceptors (Lipinski definition) is 3. The highest BCUT2D eigenvalue weighted by molar-refractivity contribution is 5.83. The van der Waals surface area contributed by atoms with E-state index in [1.165, 1.54) is 0 Å². The van der Waals surface area contributed by atoms with Gasteiger partial charge in [-0.15, -0.1) is 0 Å². The molecule has 1 aliphatic rings. The van der Waals surface area contributed by atoms with Gasteiger partial charge in [-0.1, -0.05) is 0 Å². The molecule has 70 valence electrons. The Hall–Kier alpha value is -0.610. The minimum Gasteiger partial charge on any atom is -0.380 e. The largest absolute Gasteiger partial charge is 0.380 e. The summed E-state index contributed by atoms with van der Waals surface area (Å²) in [5, 5.41) is 9.73. The zero-order valence-electron chi connectivity index (χ0n) is 7.46. The monoisotopic (exact) mass is 173 g/mol. The number of aliphatic hydroxyl groups is 1. The van der Waals surface area contributed by atoms with Gasteiger partial charge < -0.3 is 15.6 Å². The van der Waals surface area contributed by atoms with E-state index in [0.717, 1.165) is 0 Å². The van der Waals surface area contributed by atoms with E-state index in [-0.39, 0.29) is 6.42 Å². The molecule has 1 rings (SSSR count). The van der Waals surface area contributed by atoms with E-state index in [2.05, 4.69) is 0 Å². The Balaban J connectivity index is 2.74. The van der Waals surface area contributed by atoms with Crippen molar-refractivity contribution < 1.29 is 14.6 Å². The van der Waals surface area contributed by atoms with Crippen molar-refractivity contribution in [3.8, 4) is 0 Å². The molecule has 1 heterocycles. The average Bonchev–Trinajstić information content (AvgIpc) is 1.83. The molecule has 0 spiro atoms. The van der Waals surface area contributed by atoms with Crippen molar-refractivity contribution >= 4 is 5.91 Å². The van der Waals surface area contributed by atoms with Crippen molar-refractivity contribution in [1.29, 1.82) is 0 Å². The fourth-order valence-corrected chi connectivity index (χ4v) is 1.55. The van der Waals surface area contributed by atoms with Crippen LogP contribution in [0.25, 0.3) is 0 Å². The molecule has 0 radical (unpaired) electrons. The molecule has 0 aromatic rings. The third kappa shape index (κ3) is 1.76. The third-order valence-electron chi connectivity index (χ3n) is 2.19. The maximum absolute atomic E-state index is 10.9. The van der Waals surface area contributed by atoms with Crippen molar-refractivity contribution in [2.45, 2.75) is 37.9 Å². The highest BCUT2D eigenvalue weighted by Gasteiger charge is 2.43. The van der Waals surface area contributed by atoms with E-state index in [1.807, 2.05) is 13.8 Å². The molecule has 1 aliphatic heterocycles. The number of ether oxygens (including phenoxy) is 1. The quantitative estimate of drug-likeness (QED) is 0.576. The molecule has 3 N–H and O–H groups in total. The number of carbonyl (C=O) groups excluding carboxylic acids is 1. The lowest BCUT2D eigenvalue weighted by Crippen LogP contribution is -2.53. The highest BCUT2D eigenvalue weighted by atomic mass is 16.5. The second kappa shape index (κ2) is 2.71. The molecule has 4 heteroatoms. The molecule has 1 unspecified atom stereocenters. The highest BCUT2D eigenvalue weighted by Crippen LogP contribution is 2.31. The van der Waals surface area contributed by atoms with Crippen LogP contribution in [0.5, 0.6) is 0 Å². The fourth-order valence-electron chi connectivity index (χ4n) is 1.55. The van der Waals surface area contributed by atoms with Crippen LogP contribution in [0.15, 0.2) is 0 Å². The Labute approximate surface area is 71.7 Å². The molecule has 1 atom stereocenters. The molecule has 0 aromatic heterocycles. The summed E-state index contributed by atoms with van der Waals surface area (Å²) in [4.78, 5) is 10.9. The van der Waals surface area contributed by atoms with Gasteiger partial charge in [0.15, 0.2) is 0 Å². The number of rotatable bonds is 1. The topological polar surface area (TPSA) is 72.5 Å². The van der Waals surface area contributed by atoms with Crippen LogP contribution in [-0.2, 0) is 9.53 Å². The van der Waals surface area contributed by atoms with Crippen LogP contribution in [0, 0.1) is 0 Å². The van der Waals surface area contributed by atoms with Crippen molar-refractivity contribution in [1.82, 2.24) is 0 Å². The van der Waals surface area contributed by atoms with Crippen LogP contribution >= 0.6 is 0 Å². The third-order valence-corrected chi connectivity index (χ3v) is 2.19. The van der Waals surface area contributed by atoms with Crippen LogP contribution in [0.1, 0.15) is 26.7 Å². The normalized spacial score (nSPS) is 34.6. The van der Waals surface area contributed by atoms with Crippen LogP contribution in [-0.4, -0.2) is 28.8 Å². The van der Waals surface area contributed by atoms with Gasteiger partial charge >= 0.3 is 0 Å². The van der Waals surface area contributed by atoms with E-state index in [1.54, 1.807) is 0 Å². The van der Waals surface area contributed by atoms with E-state index >= 15 is 0 Å². The fraction of sp³-hybridized carbons (Fsp3) is 0.875. The van der Waals surface area contributed by atoms with Gasteiger partial charge in [-0.05, 0) is 13.8 Å². The average molecular weight is 173 g/mol. The van der Waals surface area contributed by atoms with Gasteiger partial charge in [-0.25, -0.2) is 0 Å². The predicted octanol–water partition coefficient (Wildman–Crippen LogP) is -0.208. The predicted molar refractivity (Wildman–Crippen MR) is 43.4 cm³/mol. The van der Waals surface area contributed by atoms with Crippen LogP contribution < -0.4 is 5.73 Å². The molecule has 12 heavy (non-hydrogen) atoms. The molecule has 1 saturated heterocycles. The van der Waals surface area contributed by atoms with Gasteiger partial charge in [0, 0.05) is 12.8 Å². The van der Waals surface area contributed by atoms with Gasteiger partial charge in [0.1, 0.15) is 5.60 Å². The summed E-state index contributed by atoms with van der Waals surface area (Å²) in [7, 11) is 0. The first kappa shape index (κ1) is 9.48. The molecule has 1 amide bonds. The Morgan fingerprint density at radius 2 is 2.17 bits per heavy atom. The lowest BCUT2D eigenvalue weighted by atomic mass is 9.84. The van der Waals surface area contributed by atoms with Crippen molar-refractivity contribution in [3.63, 3.8) is 0 Å². The minimum atomic E-state index is -1.37.